The first-order valence-electron chi connectivity index (χ1n) is 7.86. The lowest BCUT2D eigenvalue weighted by molar-refractivity contribution is -0.150. The Bertz CT molecular complexity index is 290. The first-order chi connectivity index (χ1) is 9.22. The highest BCUT2D eigenvalue weighted by Crippen LogP contribution is 2.27. The monoisotopic (exact) mass is 268 g/mol. The van der Waals surface area contributed by atoms with Crippen molar-refractivity contribution in [3.63, 3.8) is 0 Å². The molecule has 3 unspecified atom stereocenters. The second kappa shape index (κ2) is 7.25. The summed E-state index contributed by atoms with van der Waals surface area (Å²) in [5, 5.41) is 0. The Kier molecular flexibility index (Phi) is 5.64. The number of rotatable bonds is 4. The molecule has 19 heavy (non-hydrogen) atoms. The Morgan fingerprint density at radius 3 is 2.58 bits per heavy atom. The van der Waals surface area contributed by atoms with Gasteiger partial charge in [0, 0.05) is 13.1 Å². The van der Waals surface area contributed by atoms with Gasteiger partial charge in [-0.1, -0.05) is 12.8 Å². The molecule has 1 aliphatic carbocycles. The number of piperidine rings is 1. The maximum Gasteiger partial charge on any atom is 0.251 e. The summed E-state index contributed by atoms with van der Waals surface area (Å²) in [6, 6.07) is 0. The van der Waals surface area contributed by atoms with E-state index in [1.807, 2.05) is 11.8 Å². The third-order valence-corrected chi connectivity index (χ3v) is 4.54. The zero-order chi connectivity index (χ0) is 13.7. The van der Waals surface area contributed by atoms with Crippen LogP contribution in [0.4, 0.5) is 0 Å². The summed E-state index contributed by atoms with van der Waals surface area (Å²) in [6.45, 7) is 4.38. The number of nitrogens with zero attached hydrogens (tertiary/aromatic N) is 1. The molecule has 0 bridgehead atoms. The number of carbonyl (C=O) groups is 1. The molecule has 0 spiro atoms. The molecule has 2 aliphatic rings. The van der Waals surface area contributed by atoms with E-state index in [4.69, 9.17) is 10.5 Å². The van der Waals surface area contributed by atoms with E-state index < -0.39 is 0 Å². The molecule has 0 radical (unpaired) electrons. The second-order valence-corrected chi connectivity index (χ2v) is 5.98. The molecule has 0 aromatic heterocycles. The average molecular weight is 268 g/mol. The standard InChI is InChI=1S/C15H28N2O2/c1-12(15(18)17-9-5-2-6-10-17)19-14-8-4-3-7-13(14)11-16/h12-14H,2-11,16H2,1H3. The van der Waals surface area contributed by atoms with Crippen molar-refractivity contribution >= 4 is 5.91 Å². The molecule has 1 saturated carbocycles. The number of hydrogen-bond acceptors (Lipinski definition) is 3. The molecule has 110 valence electrons. The van der Waals surface area contributed by atoms with Gasteiger partial charge in [0.25, 0.3) is 5.91 Å². The van der Waals surface area contributed by atoms with Gasteiger partial charge in [-0.3, -0.25) is 4.79 Å². The van der Waals surface area contributed by atoms with E-state index in [9.17, 15) is 4.79 Å². The maximum atomic E-state index is 12.3. The molecule has 1 amide bonds. The number of likely N-dealkylation sites (tertiary alicyclic amines) is 1. The first kappa shape index (κ1) is 14.8. The van der Waals surface area contributed by atoms with Crippen LogP contribution in [-0.4, -0.2) is 42.6 Å². The van der Waals surface area contributed by atoms with Crippen molar-refractivity contribution < 1.29 is 9.53 Å². The van der Waals surface area contributed by atoms with Crippen molar-refractivity contribution in [3.8, 4) is 0 Å². The summed E-state index contributed by atoms with van der Waals surface area (Å²) in [5.74, 6) is 0.603. The Hall–Kier alpha value is -0.610. The molecule has 1 saturated heterocycles. The van der Waals surface area contributed by atoms with E-state index in [0.29, 0.717) is 12.5 Å². The molecular weight excluding hydrogens is 240 g/mol. The fourth-order valence-electron chi connectivity index (χ4n) is 3.31. The Morgan fingerprint density at radius 1 is 1.21 bits per heavy atom. The molecule has 2 N–H and O–H groups in total. The molecule has 4 nitrogen and oxygen atoms in total. The highest BCUT2D eigenvalue weighted by Gasteiger charge is 2.30. The fraction of sp³-hybridized carbons (Fsp3) is 0.933. The summed E-state index contributed by atoms with van der Waals surface area (Å²) in [4.78, 5) is 14.3. The number of ether oxygens (including phenoxy) is 1. The molecule has 1 aliphatic heterocycles. The van der Waals surface area contributed by atoms with Crippen LogP contribution in [0, 0.1) is 5.92 Å². The van der Waals surface area contributed by atoms with Crippen molar-refractivity contribution in [2.75, 3.05) is 19.6 Å². The minimum Gasteiger partial charge on any atom is -0.365 e. The summed E-state index contributed by atoms with van der Waals surface area (Å²) in [7, 11) is 0. The Morgan fingerprint density at radius 2 is 1.89 bits per heavy atom. The van der Waals surface area contributed by atoms with Gasteiger partial charge in [0.05, 0.1) is 6.10 Å². The van der Waals surface area contributed by atoms with Crippen molar-refractivity contribution in [1.29, 1.82) is 0 Å². The van der Waals surface area contributed by atoms with Crippen LogP contribution in [0.1, 0.15) is 51.9 Å². The predicted octanol–water partition coefficient (Wildman–Crippen LogP) is 1.92. The lowest BCUT2D eigenvalue weighted by Crippen LogP contribution is -2.45. The second-order valence-electron chi connectivity index (χ2n) is 5.98. The van der Waals surface area contributed by atoms with E-state index in [1.54, 1.807) is 0 Å². The minimum atomic E-state index is -0.310. The number of hydrogen-bond donors (Lipinski definition) is 1. The van der Waals surface area contributed by atoms with E-state index in [-0.39, 0.29) is 18.1 Å². The largest absolute Gasteiger partial charge is 0.365 e. The van der Waals surface area contributed by atoms with Crippen LogP contribution >= 0.6 is 0 Å². The van der Waals surface area contributed by atoms with Gasteiger partial charge in [0.15, 0.2) is 0 Å². The molecule has 4 heteroatoms. The van der Waals surface area contributed by atoms with Crippen LogP contribution < -0.4 is 5.73 Å². The van der Waals surface area contributed by atoms with Crippen molar-refractivity contribution in [2.45, 2.75) is 64.1 Å². The number of amides is 1. The molecular formula is C15H28N2O2. The summed E-state index contributed by atoms with van der Waals surface area (Å²) < 4.78 is 6.04. The molecule has 0 aromatic rings. The van der Waals surface area contributed by atoms with Crippen LogP contribution in [0.25, 0.3) is 0 Å². The van der Waals surface area contributed by atoms with Crippen LogP contribution in [-0.2, 0) is 9.53 Å². The number of carbonyl (C=O) groups excluding carboxylic acids is 1. The van der Waals surface area contributed by atoms with Gasteiger partial charge < -0.3 is 15.4 Å². The normalized spacial score (nSPS) is 30.1. The molecule has 2 fully saturated rings. The lowest BCUT2D eigenvalue weighted by Gasteiger charge is -2.35. The SMILES string of the molecule is CC(OC1CCCCC1CN)C(=O)N1CCCCC1. The highest BCUT2D eigenvalue weighted by atomic mass is 16.5. The Labute approximate surface area is 116 Å². The van der Waals surface area contributed by atoms with Crippen molar-refractivity contribution in [2.24, 2.45) is 11.7 Å². The van der Waals surface area contributed by atoms with Gasteiger partial charge in [-0.25, -0.2) is 0 Å². The lowest BCUT2D eigenvalue weighted by atomic mass is 9.86. The summed E-state index contributed by atoms with van der Waals surface area (Å²) >= 11 is 0. The van der Waals surface area contributed by atoms with E-state index in [0.717, 1.165) is 38.8 Å². The van der Waals surface area contributed by atoms with Crippen LogP contribution in [0.2, 0.25) is 0 Å². The summed E-state index contributed by atoms with van der Waals surface area (Å²) in [6.07, 6.45) is 8.03. The van der Waals surface area contributed by atoms with Crippen LogP contribution in [0.3, 0.4) is 0 Å². The Balaban J connectivity index is 1.84. The zero-order valence-corrected chi connectivity index (χ0v) is 12.1. The third kappa shape index (κ3) is 3.93. The molecule has 1 heterocycles. The van der Waals surface area contributed by atoms with Gasteiger partial charge in [-0.15, -0.1) is 0 Å². The summed E-state index contributed by atoms with van der Waals surface area (Å²) in [5.41, 5.74) is 5.81. The van der Waals surface area contributed by atoms with E-state index in [2.05, 4.69) is 0 Å². The van der Waals surface area contributed by atoms with Crippen molar-refractivity contribution in [3.05, 3.63) is 0 Å². The zero-order valence-electron chi connectivity index (χ0n) is 12.1. The third-order valence-electron chi connectivity index (χ3n) is 4.54. The van der Waals surface area contributed by atoms with Crippen molar-refractivity contribution in [1.82, 2.24) is 4.90 Å². The van der Waals surface area contributed by atoms with Gasteiger partial charge >= 0.3 is 0 Å². The highest BCUT2D eigenvalue weighted by molar-refractivity contribution is 5.80. The smallest absolute Gasteiger partial charge is 0.251 e. The molecule has 0 aromatic carbocycles. The van der Waals surface area contributed by atoms with Gasteiger partial charge in [0.1, 0.15) is 6.10 Å². The quantitative estimate of drug-likeness (QED) is 0.847. The van der Waals surface area contributed by atoms with E-state index >= 15 is 0 Å². The minimum absolute atomic E-state index is 0.168. The van der Waals surface area contributed by atoms with Gasteiger partial charge in [-0.2, -0.15) is 0 Å². The molecule has 3 atom stereocenters. The van der Waals surface area contributed by atoms with Gasteiger partial charge in [0.2, 0.25) is 0 Å². The van der Waals surface area contributed by atoms with Gasteiger partial charge in [-0.05, 0) is 51.5 Å². The fourth-order valence-corrected chi connectivity index (χ4v) is 3.31. The maximum absolute atomic E-state index is 12.3. The topological polar surface area (TPSA) is 55.6 Å². The van der Waals surface area contributed by atoms with E-state index in [1.165, 1.54) is 19.3 Å². The first-order valence-corrected chi connectivity index (χ1v) is 7.86. The predicted molar refractivity (Wildman–Crippen MR) is 75.8 cm³/mol. The number of nitrogens with two attached hydrogens (primary N) is 1. The molecule has 2 rings (SSSR count). The van der Waals surface area contributed by atoms with Crippen LogP contribution in [0.15, 0.2) is 0 Å². The van der Waals surface area contributed by atoms with Crippen LogP contribution in [0.5, 0.6) is 0 Å². The average Bonchev–Trinajstić information content (AvgIpc) is 2.48.